The third-order valence-corrected chi connectivity index (χ3v) is 6.22. The van der Waals surface area contributed by atoms with Gasteiger partial charge in [0, 0.05) is 15.7 Å². The second kappa shape index (κ2) is 8.09. The standard InChI is InChI=1S/C27H18BrNO3/c28-21-14-12-18(13-15-21)24-23(26(31)27(32)29(24)22-8-2-1-3-9-22)25(30)20-11-10-17-6-4-5-7-19(17)16-20/h1-16,24,30H/b25-23-. The number of Topliss-reactive ketones (excluding diaryl/α,β-unsaturated/α-hetero) is 1. The fourth-order valence-electron chi connectivity index (χ4n) is 4.14. The summed E-state index contributed by atoms with van der Waals surface area (Å²) in [6, 6.07) is 29.0. The van der Waals surface area contributed by atoms with Gasteiger partial charge in [-0.15, -0.1) is 0 Å². The average molecular weight is 484 g/mol. The molecule has 5 heteroatoms. The van der Waals surface area contributed by atoms with Crippen molar-refractivity contribution in [3.8, 4) is 0 Å². The molecule has 1 unspecified atom stereocenters. The van der Waals surface area contributed by atoms with Gasteiger partial charge in [0.2, 0.25) is 0 Å². The maximum absolute atomic E-state index is 13.2. The third kappa shape index (κ3) is 3.41. The molecule has 1 aliphatic rings. The SMILES string of the molecule is O=C1C(=O)N(c2ccccc2)C(c2ccc(Br)cc2)/C1=C(/O)c1ccc2ccccc2c1. The van der Waals surface area contributed by atoms with Gasteiger partial charge in [-0.05, 0) is 46.7 Å². The van der Waals surface area contributed by atoms with E-state index in [-0.39, 0.29) is 11.3 Å². The fraction of sp³-hybridized carbons (Fsp3) is 0.0370. The first-order chi connectivity index (χ1) is 15.5. The molecule has 0 spiro atoms. The number of rotatable bonds is 3. The number of fused-ring (bicyclic) bond motifs is 1. The van der Waals surface area contributed by atoms with E-state index >= 15 is 0 Å². The summed E-state index contributed by atoms with van der Waals surface area (Å²) >= 11 is 3.43. The first-order valence-corrected chi connectivity index (χ1v) is 10.9. The third-order valence-electron chi connectivity index (χ3n) is 5.69. The van der Waals surface area contributed by atoms with Gasteiger partial charge >= 0.3 is 0 Å². The van der Waals surface area contributed by atoms with Crippen molar-refractivity contribution in [1.82, 2.24) is 0 Å². The van der Waals surface area contributed by atoms with Gasteiger partial charge in [0.25, 0.3) is 11.7 Å². The molecule has 1 saturated heterocycles. The van der Waals surface area contributed by atoms with Crippen LogP contribution in [0.4, 0.5) is 5.69 Å². The minimum absolute atomic E-state index is 0.0801. The molecule has 0 aliphatic carbocycles. The molecule has 1 N–H and O–H groups in total. The number of aliphatic hydroxyl groups excluding tert-OH is 1. The predicted octanol–water partition coefficient (Wildman–Crippen LogP) is 6.23. The summed E-state index contributed by atoms with van der Waals surface area (Å²) in [5, 5.41) is 13.3. The topological polar surface area (TPSA) is 57.6 Å². The van der Waals surface area contributed by atoms with Crippen LogP contribution in [0.25, 0.3) is 16.5 Å². The van der Waals surface area contributed by atoms with E-state index in [1.165, 1.54) is 4.90 Å². The summed E-state index contributed by atoms with van der Waals surface area (Å²) in [5.74, 6) is -1.54. The predicted molar refractivity (Wildman–Crippen MR) is 129 cm³/mol. The number of ketones is 1. The van der Waals surface area contributed by atoms with Crippen LogP contribution >= 0.6 is 15.9 Å². The van der Waals surface area contributed by atoms with Gasteiger partial charge in [0.05, 0.1) is 11.6 Å². The molecule has 1 amide bonds. The summed E-state index contributed by atoms with van der Waals surface area (Å²) in [6.07, 6.45) is 0. The van der Waals surface area contributed by atoms with Crippen molar-refractivity contribution >= 4 is 49.8 Å². The summed E-state index contributed by atoms with van der Waals surface area (Å²) in [4.78, 5) is 27.8. The largest absolute Gasteiger partial charge is 0.507 e. The van der Waals surface area contributed by atoms with Crippen LogP contribution in [0.5, 0.6) is 0 Å². The molecule has 5 rings (SSSR count). The molecule has 156 valence electrons. The van der Waals surface area contributed by atoms with Gasteiger partial charge in [-0.25, -0.2) is 0 Å². The van der Waals surface area contributed by atoms with Gasteiger partial charge in [-0.2, -0.15) is 0 Å². The second-order valence-electron chi connectivity index (χ2n) is 7.62. The zero-order valence-electron chi connectivity index (χ0n) is 16.9. The van der Waals surface area contributed by atoms with Crippen LogP contribution in [0.15, 0.2) is 107 Å². The molecule has 1 fully saturated rings. The van der Waals surface area contributed by atoms with Crippen LogP contribution in [0.3, 0.4) is 0 Å². The van der Waals surface area contributed by atoms with Crippen LogP contribution < -0.4 is 4.90 Å². The van der Waals surface area contributed by atoms with E-state index in [0.717, 1.165) is 20.8 Å². The highest BCUT2D eigenvalue weighted by Gasteiger charge is 2.46. The summed E-state index contributed by atoms with van der Waals surface area (Å²) < 4.78 is 0.882. The lowest BCUT2D eigenvalue weighted by molar-refractivity contribution is -0.132. The van der Waals surface area contributed by atoms with Crippen molar-refractivity contribution in [2.24, 2.45) is 0 Å². The minimum atomic E-state index is -0.739. The number of para-hydroxylation sites is 1. The number of amides is 1. The van der Waals surface area contributed by atoms with Gasteiger partial charge < -0.3 is 5.11 Å². The molecule has 32 heavy (non-hydrogen) atoms. The molecule has 0 bridgehead atoms. The number of anilines is 1. The molecule has 1 heterocycles. The lowest BCUT2D eigenvalue weighted by Crippen LogP contribution is -2.29. The number of carbonyl (C=O) groups excluding carboxylic acids is 2. The highest BCUT2D eigenvalue weighted by Crippen LogP contribution is 2.42. The molecular formula is C27H18BrNO3. The van der Waals surface area contributed by atoms with E-state index in [0.29, 0.717) is 11.3 Å². The lowest BCUT2D eigenvalue weighted by atomic mass is 9.94. The highest BCUT2D eigenvalue weighted by molar-refractivity contribution is 9.10. The van der Waals surface area contributed by atoms with E-state index in [9.17, 15) is 14.7 Å². The molecule has 1 atom stereocenters. The molecule has 0 aromatic heterocycles. The summed E-state index contributed by atoms with van der Waals surface area (Å²) in [6.45, 7) is 0. The Labute approximate surface area is 193 Å². The van der Waals surface area contributed by atoms with Crippen molar-refractivity contribution in [3.63, 3.8) is 0 Å². The number of aliphatic hydroxyl groups is 1. The number of hydrogen-bond donors (Lipinski definition) is 1. The van der Waals surface area contributed by atoms with Crippen LogP contribution in [0.2, 0.25) is 0 Å². The lowest BCUT2D eigenvalue weighted by Gasteiger charge is -2.25. The Morgan fingerprint density at radius 1 is 0.781 bits per heavy atom. The Bertz CT molecular complexity index is 1380. The molecule has 4 nitrogen and oxygen atoms in total. The van der Waals surface area contributed by atoms with Crippen LogP contribution in [-0.2, 0) is 9.59 Å². The van der Waals surface area contributed by atoms with Crippen molar-refractivity contribution in [2.75, 3.05) is 4.90 Å². The number of benzene rings is 4. The maximum Gasteiger partial charge on any atom is 0.300 e. The van der Waals surface area contributed by atoms with Crippen molar-refractivity contribution in [1.29, 1.82) is 0 Å². The average Bonchev–Trinajstić information content (AvgIpc) is 3.09. The van der Waals surface area contributed by atoms with Gasteiger partial charge in [-0.3, -0.25) is 14.5 Å². The Morgan fingerprint density at radius 2 is 1.44 bits per heavy atom. The first-order valence-electron chi connectivity index (χ1n) is 10.2. The van der Waals surface area contributed by atoms with Crippen LogP contribution in [-0.4, -0.2) is 16.8 Å². The molecular weight excluding hydrogens is 466 g/mol. The second-order valence-corrected chi connectivity index (χ2v) is 8.53. The number of halogens is 1. The molecule has 0 radical (unpaired) electrons. The number of nitrogens with zero attached hydrogens (tertiary/aromatic N) is 1. The van der Waals surface area contributed by atoms with Crippen molar-refractivity contribution < 1.29 is 14.7 Å². The van der Waals surface area contributed by atoms with Crippen molar-refractivity contribution in [2.45, 2.75) is 6.04 Å². The highest BCUT2D eigenvalue weighted by atomic mass is 79.9. The van der Waals surface area contributed by atoms with Gasteiger partial charge in [-0.1, -0.05) is 82.7 Å². The summed E-state index contributed by atoms with van der Waals surface area (Å²) in [7, 11) is 0. The first kappa shape index (κ1) is 20.2. The van der Waals surface area contributed by atoms with Gasteiger partial charge in [0.15, 0.2) is 0 Å². The van der Waals surface area contributed by atoms with E-state index in [1.54, 1.807) is 18.2 Å². The quantitative estimate of drug-likeness (QED) is 0.213. The van der Waals surface area contributed by atoms with E-state index in [1.807, 2.05) is 78.9 Å². The van der Waals surface area contributed by atoms with Crippen LogP contribution in [0.1, 0.15) is 17.2 Å². The zero-order chi connectivity index (χ0) is 22.2. The Kier molecular flexibility index (Phi) is 5.11. The normalized spacial score (nSPS) is 17.8. The summed E-state index contributed by atoms with van der Waals surface area (Å²) in [5.41, 5.74) is 1.91. The monoisotopic (exact) mass is 483 g/mol. The minimum Gasteiger partial charge on any atom is -0.507 e. The van der Waals surface area contributed by atoms with Gasteiger partial charge in [0.1, 0.15) is 5.76 Å². The molecule has 4 aromatic carbocycles. The number of carbonyl (C=O) groups is 2. The molecule has 1 aliphatic heterocycles. The number of hydrogen-bond acceptors (Lipinski definition) is 3. The Balaban J connectivity index is 1.73. The van der Waals surface area contributed by atoms with E-state index < -0.39 is 17.7 Å². The zero-order valence-corrected chi connectivity index (χ0v) is 18.5. The van der Waals surface area contributed by atoms with Crippen LogP contribution in [0, 0.1) is 0 Å². The maximum atomic E-state index is 13.2. The smallest absolute Gasteiger partial charge is 0.300 e. The van der Waals surface area contributed by atoms with E-state index in [4.69, 9.17) is 0 Å². The Morgan fingerprint density at radius 3 is 2.16 bits per heavy atom. The van der Waals surface area contributed by atoms with E-state index in [2.05, 4.69) is 15.9 Å². The Hall–Kier alpha value is -3.70. The molecule has 0 saturated carbocycles. The fourth-order valence-corrected chi connectivity index (χ4v) is 4.40. The molecule has 4 aromatic rings. The van der Waals surface area contributed by atoms with Crippen molar-refractivity contribution in [3.05, 3.63) is 118 Å².